The second-order valence-corrected chi connectivity index (χ2v) is 2.87. The van der Waals surface area contributed by atoms with Crippen LogP contribution in [0.5, 0.6) is 0 Å². The molecule has 0 amide bonds. The zero-order valence-electron chi connectivity index (χ0n) is 8.15. The highest BCUT2D eigenvalue weighted by atomic mass is 19.4. The van der Waals surface area contributed by atoms with E-state index in [-0.39, 0.29) is 0 Å². The van der Waals surface area contributed by atoms with Crippen molar-refractivity contribution >= 4 is 7.28 Å². The maximum Gasteiger partial charge on any atom is 0.430 e. The molecule has 0 unspecified atom stereocenters. The first-order chi connectivity index (χ1) is 7.02. The van der Waals surface area contributed by atoms with Gasteiger partial charge in [-0.25, -0.2) is 0 Å². The average molecular weight is 245 g/mol. The number of alkyl halides is 6. The third kappa shape index (κ3) is 2.42. The molecular weight excluding hydrogens is 237 g/mol. The molecule has 0 atom stereocenters. The molecule has 1 N–H and O–H groups in total. The van der Waals surface area contributed by atoms with Gasteiger partial charge in [0.05, 0.1) is 0 Å². The van der Waals surface area contributed by atoms with E-state index in [4.69, 9.17) is 5.11 Å². The van der Waals surface area contributed by atoms with Crippen molar-refractivity contribution in [3.8, 4) is 0 Å². The standard InChI is InChI=1S/C8H8BF6O/c1-3-5(4-9-2)6(16,7(10,11)12)8(13,14)15/h3-4,16H,1H2,2H3/b5-4+. The minimum Gasteiger partial charge on any atom is -0.370 e. The minimum absolute atomic E-state index is 0.320. The van der Waals surface area contributed by atoms with Crippen molar-refractivity contribution in [3.05, 3.63) is 24.2 Å². The Labute approximate surface area is 88.7 Å². The van der Waals surface area contributed by atoms with E-state index in [0.29, 0.717) is 12.1 Å². The van der Waals surface area contributed by atoms with Crippen LogP contribution in [0.4, 0.5) is 26.3 Å². The topological polar surface area (TPSA) is 20.2 Å². The largest absolute Gasteiger partial charge is 0.430 e. The SMILES string of the molecule is C=C/C(=C\[B]C)C(O)(C(F)(F)F)C(F)(F)F. The van der Waals surface area contributed by atoms with Gasteiger partial charge in [-0.05, 0) is 5.57 Å². The van der Waals surface area contributed by atoms with E-state index >= 15 is 0 Å². The van der Waals surface area contributed by atoms with Crippen molar-refractivity contribution in [3.63, 3.8) is 0 Å². The third-order valence-electron chi connectivity index (χ3n) is 1.80. The van der Waals surface area contributed by atoms with Gasteiger partial charge in [0.15, 0.2) is 0 Å². The Morgan fingerprint density at radius 2 is 1.50 bits per heavy atom. The van der Waals surface area contributed by atoms with Crippen LogP contribution >= 0.6 is 0 Å². The number of hydrogen-bond donors (Lipinski definition) is 1. The Bertz CT molecular complexity index is 276. The lowest BCUT2D eigenvalue weighted by atomic mass is 9.76. The zero-order valence-corrected chi connectivity index (χ0v) is 8.15. The molecule has 16 heavy (non-hydrogen) atoms. The van der Waals surface area contributed by atoms with Crippen LogP contribution in [0.1, 0.15) is 0 Å². The van der Waals surface area contributed by atoms with Crippen LogP contribution in [0.2, 0.25) is 6.82 Å². The maximum atomic E-state index is 12.3. The Morgan fingerprint density at radius 3 is 1.69 bits per heavy atom. The second kappa shape index (κ2) is 4.53. The molecule has 0 heterocycles. The quantitative estimate of drug-likeness (QED) is 0.460. The normalized spacial score (nSPS) is 14.9. The monoisotopic (exact) mass is 245 g/mol. The van der Waals surface area contributed by atoms with Crippen molar-refractivity contribution in [2.45, 2.75) is 24.8 Å². The molecule has 0 fully saturated rings. The van der Waals surface area contributed by atoms with E-state index in [0.717, 1.165) is 7.28 Å². The molecule has 0 aromatic heterocycles. The summed E-state index contributed by atoms with van der Waals surface area (Å²) >= 11 is 0. The van der Waals surface area contributed by atoms with Crippen LogP contribution in [0.25, 0.3) is 0 Å². The first-order valence-electron chi connectivity index (χ1n) is 4.00. The zero-order chi connectivity index (χ0) is 13.2. The van der Waals surface area contributed by atoms with Gasteiger partial charge in [0, 0.05) is 0 Å². The van der Waals surface area contributed by atoms with Crippen LogP contribution in [0, 0.1) is 0 Å². The van der Waals surface area contributed by atoms with Crippen molar-refractivity contribution in [2.24, 2.45) is 0 Å². The molecule has 91 valence electrons. The van der Waals surface area contributed by atoms with Crippen LogP contribution in [0.15, 0.2) is 24.2 Å². The number of hydrogen-bond acceptors (Lipinski definition) is 1. The van der Waals surface area contributed by atoms with Crippen molar-refractivity contribution in [2.75, 3.05) is 0 Å². The first kappa shape index (κ1) is 15.1. The van der Waals surface area contributed by atoms with E-state index in [9.17, 15) is 26.3 Å². The number of halogens is 6. The molecular formula is C8H8BF6O. The van der Waals surface area contributed by atoms with E-state index in [1.165, 1.54) is 6.82 Å². The summed E-state index contributed by atoms with van der Waals surface area (Å²) in [5, 5.41) is 8.87. The van der Waals surface area contributed by atoms with Crippen LogP contribution < -0.4 is 0 Å². The molecule has 1 radical (unpaired) electrons. The van der Waals surface area contributed by atoms with Crippen molar-refractivity contribution < 1.29 is 31.4 Å². The fourth-order valence-corrected chi connectivity index (χ4v) is 1.00. The molecule has 0 aliphatic carbocycles. The molecule has 0 saturated heterocycles. The van der Waals surface area contributed by atoms with E-state index < -0.39 is 23.5 Å². The Kier molecular flexibility index (Phi) is 4.27. The van der Waals surface area contributed by atoms with Crippen LogP contribution in [-0.2, 0) is 0 Å². The maximum absolute atomic E-state index is 12.3. The summed E-state index contributed by atoms with van der Waals surface area (Å²) in [6.45, 7) is 4.04. The molecule has 8 heteroatoms. The van der Waals surface area contributed by atoms with Gasteiger partial charge in [0.25, 0.3) is 5.60 Å². The fourth-order valence-electron chi connectivity index (χ4n) is 1.00. The van der Waals surface area contributed by atoms with Crippen molar-refractivity contribution in [1.82, 2.24) is 0 Å². The summed E-state index contributed by atoms with van der Waals surface area (Å²) in [4.78, 5) is 0. The molecule has 0 aromatic rings. The van der Waals surface area contributed by atoms with Gasteiger partial charge >= 0.3 is 12.4 Å². The average Bonchev–Trinajstić information content (AvgIpc) is 2.09. The number of rotatable bonds is 3. The number of aliphatic hydroxyl groups is 1. The molecule has 1 nitrogen and oxygen atoms in total. The fraction of sp³-hybridized carbons (Fsp3) is 0.500. The molecule has 0 rings (SSSR count). The highest BCUT2D eigenvalue weighted by Crippen LogP contribution is 2.47. The Morgan fingerprint density at radius 1 is 1.12 bits per heavy atom. The highest BCUT2D eigenvalue weighted by Gasteiger charge is 2.71. The summed E-state index contributed by atoms with van der Waals surface area (Å²) in [6.07, 6.45) is -11.4. The summed E-state index contributed by atoms with van der Waals surface area (Å²) in [7, 11) is 0.944. The molecule has 0 aliphatic heterocycles. The van der Waals surface area contributed by atoms with Gasteiger partial charge in [-0.2, -0.15) is 26.3 Å². The highest BCUT2D eigenvalue weighted by molar-refractivity contribution is 6.40. The second-order valence-electron chi connectivity index (χ2n) is 2.87. The van der Waals surface area contributed by atoms with Crippen molar-refractivity contribution in [1.29, 1.82) is 0 Å². The molecule has 0 bridgehead atoms. The smallest absolute Gasteiger partial charge is 0.370 e. The Balaban J connectivity index is 5.78. The summed E-state index contributed by atoms with van der Waals surface area (Å²) in [5.41, 5.74) is -6.26. The first-order valence-corrected chi connectivity index (χ1v) is 4.00. The molecule has 0 saturated carbocycles. The molecule has 0 spiro atoms. The molecule has 0 aromatic carbocycles. The lowest BCUT2D eigenvalue weighted by molar-refractivity contribution is -0.350. The van der Waals surface area contributed by atoms with Gasteiger partial charge in [-0.3, -0.25) is 0 Å². The van der Waals surface area contributed by atoms with Gasteiger partial charge in [-0.1, -0.05) is 19.5 Å². The lowest BCUT2D eigenvalue weighted by Gasteiger charge is -2.33. The Hall–Kier alpha value is -0.915. The van der Waals surface area contributed by atoms with E-state index in [1.54, 1.807) is 0 Å². The molecule has 0 aliphatic rings. The van der Waals surface area contributed by atoms with E-state index in [2.05, 4.69) is 6.58 Å². The minimum atomic E-state index is -5.87. The van der Waals surface area contributed by atoms with Gasteiger partial charge in [0.1, 0.15) is 7.28 Å². The van der Waals surface area contributed by atoms with Gasteiger partial charge in [0.2, 0.25) is 0 Å². The lowest BCUT2D eigenvalue weighted by Crippen LogP contribution is -2.57. The van der Waals surface area contributed by atoms with Gasteiger partial charge in [-0.15, -0.1) is 5.98 Å². The third-order valence-corrected chi connectivity index (χ3v) is 1.80. The predicted octanol–water partition coefficient (Wildman–Crippen LogP) is 2.66. The van der Waals surface area contributed by atoms with Crippen LogP contribution in [-0.4, -0.2) is 30.3 Å². The summed E-state index contributed by atoms with van der Waals surface area (Å²) < 4.78 is 73.7. The van der Waals surface area contributed by atoms with Gasteiger partial charge < -0.3 is 5.11 Å². The summed E-state index contributed by atoms with van der Waals surface area (Å²) in [6, 6.07) is 0. The summed E-state index contributed by atoms with van der Waals surface area (Å²) in [5.74, 6) is 0.508. The predicted molar refractivity (Wildman–Crippen MR) is 47.0 cm³/mol. The van der Waals surface area contributed by atoms with E-state index in [1.807, 2.05) is 0 Å². The van der Waals surface area contributed by atoms with Crippen LogP contribution in [0.3, 0.4) is 0 Å².